The van der Waals surface area contributed by atoms with Crippen molar-refractivity contribution in [3.05, 3.63) is 0 Å². The van der Waals surface area contributed by atoms with E-state index in [0.29, 0.717) is 6.42 Å². The van der Waals surface area contributed by atoms with Crippen LogP contribution < -0.4 is 0 Å². The number of rotatable bonds is 16. The minimum atomic E-state index is -0.732. The molecule has 0 rings (SSSR count). The van der Waals surface area contributed by atoms with E-state index in [4.69, 9.17) is 5.11 Å². The lowest BCUT2D eigenvalue weighted by Gasteiger charge is -2.36. The Morgan fingerprint density at radius 1 is 0.875 bits per heavy atom. The number of carboxylic acid groups (broad SMARTS) is 2. The first-order valence-electron chi connectivity index (χ1n) is 9.89. The second kappa shape index (κ2) is 13.3. The fourth-order valence-electron chi connectivity index (χ4n) is 3.86. The molecule has 0 saturated heterocycles. The largest absolute Gasteiger partial charge is 0.481 e. The SMILES string of the molecule is CCCCCCC(CC)(C(=O)O)C(CC)CCCCCCC(=O)O. The summed E-state index contributed by atoms with van der Waals surface area (Å²) in [6.07, 6.45) is 11.7. The van der Waals surface area contributed by atoms with Crippen LogP contribution in [0.25, 0.3) is 0 Å². The van der Waals surface area contributed by atoms with Crippen molar-refractivity contribution in [3.63, 3.8) is 0 Å². The summed E-state index contributed by atoms with van der Waals surface area (Å²) in [7, 11) is 0. The molecule has 2 atom stereocenters. The van der Waals surface area contributed by atoms with Gasteiger partial charge in [0.25, 0.3) is 0 Å². The molecular weight excluding hydrogens is 304 g/mol. The van der Waals surface area contributed by atoms with Gasteiger partial charge in [0.05, 0.1) is 5.41 Å². The topological polar surface area (TPSA) is 74.6 Å². The Morgan fingerprint density at radius 3 is 2.00 bits per heavy atom. The number of carboxylic acids is 2. The Hall–Kier alpha value is -1.06. The van der Waals surface area contributed by atoms with E-state index in [1.54, 1.807) is 0 Å². The third-order valence-electron chi connectivity index (χ3n) is 5.50. The minimum Gasteiger partial charge on any atom is -0.481 e. The summed E-state index contributed by atoms with van der Waals surface area (Å²) in [5.74, 6) is -1.13. The molecule has 0 radical (unpaired) electrons. The summed E-state index contributed by atoms with van der Waals surface area (Å²) in [5, 5.41) is 18.6. The maximum absolute atomic E-state index is 12.1. The number of aliphatic carboxylic acids is 2. The maximum atomic E-state index is 12.1. The quantitative estimate of drug-likeness (QED) is 0.343. The van der Waals surface area contributed by atoms with E-state index in [1.165, 1.54) is 12.8 Å². The van der Waals surface area contributed by atoms with Crippen LogP contribution in [0.4, 0.5) is 0 Å². The molecule has 0 fully saturated rings. The Bertz CT molecular complexity index is 354. The van der Waals surface area contributed by atoms with Crippen molar-refractivity contribution in [2.75, 3.05) is 0 Å². The van der Waals surface area contributed by atoms with Crippen molar-refractivity contribution in [3.8, 4) is 0 Å². The molecule has 2 N–H and O–H groups in total. The fraction of sp³-hybridized carbons (Fsp3) is 0.900. The third-order valence-corrected chi connectivity index (χ3v) is 5.50. The van der Waals surface area contributed by atoms with Crippen molar-refractivity contribution < 1.29 is 19.8 Å². The molecule has 0 heterocycles. The van der Waals surface area contributed by atoms with Gasteiger partial charge in [-0.3, -0.25) is 9.59 Å². The summed E-state index contributed by atoms with van der Waals surface area (Å²) < 4.78 is 0. The Morgan fingerprint density at radius 2 is 1.50 bits per heavy atom. The van der Waals surface area contributed by atoms with Crippen molar-refractivity contribution in [2.45, 2.75) is 104 Å². The second-order valence-corrected chi connectivity index (χ2v) is 7.08. The second-order valence-electron chi connectivity index (χ2n) is 7.08. The monoisotopic (exact) mass is 342 g/mol. The molecule has 4 heteroatoms. The highest BCUT2D eigenvalue weighted by atomic mass is 16.4. The zero-order chi connectivity index (χ0) is 18.4. The van der Waals surface area contributed by atoms with Crippen LogP contribution in [0.15, 0.2) is 0 Å². The van der Waals surface area contributed by atoms with Crippen LogP contribution in [0.5, 0.6) is 0 Å². The van der Waals surface area contributed by atoms with Crippen molar-refractivity contribution >= 4 is 11.9 Å². The first-order chi connectivity index (χ1) is 11.4. The van der Waals surface area contributed by atoms with Crippen molar-refractivity contribution in [1.29, 1.82) is 0 Å². The van der Waals surface area contributed by atoms with Gasteiger partial charge in [-0.1, -0.05) is 72.1 Å². The van der Waals surface area contributed by atoms with Crippen molar-refractivity contribution in [1.82, 2.24) is 0 Å². The van der Waals surface area contributed by atoms with E-state index in [2.05, 4.69) is 13.8 Å². The molecule has 4 nitrogen and oxygen atoms in total. The Balaban J connectivity index is 4.52. The maximum Gasteiger partial charge on any atom is 0.309 e. The molecular formula is C20H38O4. The normalized spacial score (nSPS) is 15.0. The first kappa shape index (κ1) is 22.9. The first-order valence-corrected chi connectivity index (χ1v) is 9.89. The number of hydrogen-bond donors (Lipinski definition) is 2. The van der Waals surface area contributed by atoms with E-state index >= 15 is 0 Å². The van der Waals surface area contributed by atoms with Gasteiger partial charge in [-0.15, -0.1) is 0 Å². The third kappa shape index (κ3) is 8.16. The Kier molecular flexibility index (Phi) is 12.7. The van der Waals surface area contributed by atoms with E-state index in [9.17, 15) is 14.7 Å². The van der Waals surface area contributed by atoms with Crippen LogP contribution in [0.1, 0.15) is 104 Å². The van der Waals surface area contributed by atoms with E-state index in [1.807, 2.05) is 6.92 Å². The van der Waals surface area contributed by atoms with Gasteiger partial charge in [-0.2, -0.15) is 0 Å². The lowest BCUT2D eigenvalue weighted by Crippen LogP contribution is -2.38. The zero-order valence-corrected chi connectivity index (χ0v) is 16.0. The van der Waals surface area contributed by atoms with Gasteiger partial charge in [0.2, 0.25) is 0 Å². The predicted octanol–water partition coefficient (Wildman–Crippen LogP) is 5.89. The molecule has 0 aliphatic heterocycles. The summed E-state index contributed by atoms with van der Waals surface area (Å²) in [6, 6.07) is 0. The number of carbonyl (C=O) groups is 2. The molecule has 0 aliphatic rings. The molecule has 0 amide bonds. The van der Waals surface area contributed by atoms with Crippen molar-refractivity contribution in [2.24, 2.45) is 11.3 Å². The molecule has 24 heavy (non-hydrogen) atoms. The summed E-state index contributed by atoms with van der Waals surface area (Å²) in [6.45, 7) is 6.29. The average molecular weight is 343 g/mol. The average Bonchev–Trinajstić information content (AvgIpc) is 2.55. The minimum absolute atomic E-state index is 0.223. The molecule has 2 unspecified atom stereocenters. The molecule has 142 valence electrons. The zero-order valence-electron chi connectivity index (χ0n) is 16.0. The smallest absolute Gasteiger partial charge is 0.309 e. The molecule has 0 bridgehead atoms. The lowest BCUT2D eigenvalue weighted by molar-refractivity contribution is -0.154. The van der Waals surface area contributed by atoms with Gasteiger partial charge in [0, 0.05) is 6.42 Å². The fourth-order valence-corrected chi connectivity index (χ4v) is 3.86. The molecule has 0 aromatic heterocycles. The van der Waals surface area contributed by atoms with Crippen LogP contribution in [0, 0.1) is 11.3 Å². The Labute approximate surface area is 148 Å². The van der Waals surface area contributed by atoms with Crippen LogP contribution in [0.3, 0.4) is 0 Å². The van der Waals surface area contributed by atoms with Crippen LogP contribution >= 0.6 is 0 Å². The van der Waals surface area contributed by atoms with Gasteiger partial charge in [0.1, 0.15) is 0 Å². The van der Waals surface area contributed by atoms with Gasteiger partial charge >= 0.3 is 11.9 Å². The van der Waals surface area contributed by atoms with Gasteiger partial charge < -0.3 is 10.2 Å². The summed E-state index contributed by atoms with van der Waals surface area (Å²) in [4.78, 5) is 22.6. The molecule has 0 spiro atoms. The molecule has 0 aromatic carbocycles. The van der Waals surface area contributed by atoms with E-state index in [0.717, 1.165) is 57.8 Å². The van der Waals surface area contributed by atoms with Crippen LogP contribution in [-0.2, 0) is 9.59 Å². The highest BCUT2D eigenvalue weighted by Gasteiger charge is 2.42. The highest BCUT2D eigenvalue weighted by molar-refractivity contribution is 5.75. The summed E-state index contributed by atoms with van der Waals surface area (Å²) >= 11 is 0. The number of unbranched alkanes of at least 4 members (excludes halogenated alkanes) is 6. The highest BCUT2D eigenvalue weighted by Crippen LogP contribution is 2.42. The molecule has 0 saturated carbocycles. The predicted molar refractivity (Wildman–Crippen MR) is 98.2 cm³/mol. The molecule has 0 aliphatic carbocycles. The van der Waals surface area contributed by atoms with Crippen LogP contribution in [-0.4, -0.2) is 22.2 Å². The van der Waals surface area contributed by atoms with E-state index in [-0.39, 0.29) is 12.3 Å². The summed E-state index contributed by atoms with van der Waals surface area (Å²) in [5.41, 5.74) is -0.580. The number of hydrogen-bond acceptors (Lipinski definition) is 2. The standard InChI is InChI=1S/C20H38O4/c1-4-7-8-13-16-20(6-3,19(23)24)17(5-2)14-11-9-10-12-15-18(21)22/h17H,4-16H2,1-3H3,(H,21,22)(H,23,24). The van der Waals surface area contributed by atoms with E-state index < -0.39 is 17.4 Å². The lowest BCUT2D eigenvalue weighted by atomic mass is 9.67. The van der Waals surface area contributed by atoms with Crippen LogP contribution in [0.2, 0.25) is 0 Å². The molecule has 0 aromatic rings. The van der Waals surface area contributed by atoms with Gasteiger partial charge in [0.15, 0.2) is 0 Å². The van der Waals surface area contributed by atoms with Gasteiger partial charge in [-0.25, -0.2) is 0 Å². The van der Waals surface area contributed by atoms with Gasteiger partial charge in [-0.05, 0) is 31.6 Å².